The van der Waals surface area contributed by atoms with Gasteiger partial charge < -0.3 is 9.84 Å². The van der Waals surface area contributed by atoms with E-state index in [4.69, 9.17) is 4.74 Å². The van der Waals surface area contributed by atoms with Crippen molar-refractivity contribution in [2.45, 2.75) is 26.2 Å². The van der Waals surface area contributed by atoms with Crippen molar-refractivity contribution in [2.75, 3.05) is 6.61 Å². The zero-order valence-corrected chi connectivity index (χ0v) is 12.6. The van der Waals surface area contributed by atoms with E-state index in [1.807, 2.05) is 0 Å². The first kappa shape index (κ1) is 16.0. The second-order valence-corrected chi connectivity index (χ2v) is 5.01. The molecule has 0 aliphatic rings. The molecular weight excluding hydrogens is 281 g/mol. The van der Waals surface area contributed by atoms with Gasteiger partial charge in [-0.3, -0.25) is 4.99 Å². The number of aliphatic imine (C=N–C) groups is 1. The average Bonchev–Trinajstić information content (AvgIpc) is 2.52. The number of phenolic OH excluding ortho intramolecular Hbond substituents is 1. The molecule has 0 heterocycles. The average molecular weight is 301 g/mol. The molecule has 0 saturated carbocycles. The Morgan fingerprint density at radius 2 is 1.91 bits per heavy atom. The van der Waals surface area contributed by atoms with E-state index in [0.717, 1.165) is 19.3 Å². The summed E-state index contributed by atoms with van der Waals surface area (Å²) in [7, 11) is 0. The van der Waals surface area contributed by atoms with Crippen molar-refractivity contribution < 1.29 is 14.2 Å². The molecule has 0 atom stereocenters. The summed E-state index contributed by atoms with van der Waals surface area (Å²) in [5.41, 5.74) is 1.21. The molecule has 0 unspecified atom stereocenters. The topological polar surface area (TPSA) is 41.8 Å². The molecule has 0 fully saturated rings. The number of hydrogen-bond acceptors (Lipinski definition) is 3. The van der Waals surface area contributed by atoms with Gasteiger partial charge in [-0.05, 0) is 42.8 Å². The normalized spacial score (nSPS) is 11.0. The van der Waals surface area contributed by atoms with E-state index >= 15 is 0 Å². The molecule has 0 aliphatic carbocycles. The Kier molecular flexibility index (Phi) is 5.95. The predicted molar refractivity (Wildman–Crippen MR) is 86.8 cm³/mol. The van der Waals surface area contributed by atoms with E-state index in [9.17, 15) is 9.50 Å². The number of benzene rings is 2. The smallest absolute Gasteiger partial charge is 0.128 e. The van der Waals surface area contributed by atoms with Gasteiger partial charge >= 0.3 is 0 Å². The summed E-state index contributed by atoms with van der Waals surface area (Å²) in [6.45, 7) is 2.79. The SMILES string of the molecule is CCCCCOc1ccc(C=Nc2ccc(F)cc2)c(O)c1. The maximum Gasteiger partial charge on any atom is 0.128 e. The minimum Gasteiger partial charge on any atom is -0.507 e. The zero-order chi connectivity index (χ0) is 15.8. The Morgan fingerprint density at radius 1 is 1.14 bits per heavy atom. The predicted octanol–water partition coefficient (Wildman–Crippen LogP) is 4.85. The Labute approximate surface area is 130 Å². The second-order valence-electron chi connectivity index (χ2n) is 5.01. The van der Waals surface area contributed by atoms with Crippen LogP contribution in [0.2, 0.25) is 0 Å². The Bertz CT molecular complexity index is 623. The van der Waals surface area contributed by atoms with Crippen LogP contribution < -0.4 is 4.74 Å². The highest BCUT2D eigenvalue weighted by molar-refractivity contribution is 5.85. The summed E-state index contributed by atoms with van der Waals surface area (Å²) < 4.78 is 18.4. The van der Waals surface area contributed by atoms with Crippen LogP contribution in [0.4, 0.5) is 10.1 Å². The second kappa shape index (κ2) is 8.17. The van der Waals surface area contributed by atoms with E-state index < -0.39 is 0 Å². The lowest BCUT2D eigenvalue weighted by molar-refractivity contribution is 0.304. The molecule has 1 N–H and O–H groups in total. The summed E-state index contributed by atoms with van der Waals surface area (Å²) in [4.78, 5) is 4.20. The Balaban J connectivity index is 1.98. The molecule has 0 spiro atoms. The minimum absolute atomic E-state index is 0.110. The van der Waals surface area contributed by atoms with Crippen molar-refractivity contribution in [1.29, 1.82) is 0 Å². The first-order valence-electron chi connectivity index (χ1n) is 7.44. The van der Waals surface area contributed by atoms with Gasteiger partial charge in [0.2, 0.25) is 0 Å². The first-order valence-corrected chi connectivity index (χ1v) is 7.44. The molecule has 116 valence electrons. The number of phenols is 1. The molecule has 0 bridgehead atoms. The maximum atomic E-state index is 12.8. The molecule has 2 aromatic rings. The standard InChI is InChI=1S/C18H20FNO2/c1-2-3-4-11-22-17-10-5-14(18(21)12-17)13-20-16-8-6-15(19)7-9-16/h5-10,12-13,21H,2-4,11H2,1H3. The fraction of sp³-hybridized carbons (Fsp3) is 0.278. The summed E-state index contributed by atoms with van der Waals surface area (Å²) >= 11 is 0. The van der Waals surface area contributed by atoms with Crippen LogP contribution in [0.1, 0.15) is 31.7 Å². The van der Waals surface area contributed by atoms with E-state index in [-0.39, 0.29) is 11.6 Å². The van der Waals surface area contributed by atoms with E-state index in [2.05, 4.69) is 11.9 Å². The third-order valence-electron chi connectivity index (χ3n) is 3.20. The lowest BCUT2D eigenvalue weighted by Gasteiger charge is -2.07. The summed E-state index contributed by atoms with van der Waals surface area (Å²) in [6, 6.07) is 11.0. The number of halogens is 1. The van der Waals surface area contributed by atoms with Crippen LogP contribution in [0.5, 0.6) is 11.5 Å². The van der Waals surface area contributed by atoms with Gasteiger partial charge in [-0.1, -0.05) is 19.8 Å². The van der Waals surface area contributed by atoms with Crippen LogP contribution in [0.15, 0.2) is 47.5 Å². The number of unbranched alkanes of at least 4 members (excludes halogenated alkanes) is 2. The van der Waals surface area contributed by atoms with Crippen molar-refractivity contribution in [3.8, 4) is 11.5 Å². The molecular formula is C18H20FNO2. The fourth-order valence-corrected chi connectivity index (χ4v) is 1.94. The van der Waals surface area contributed by atoms with Gasteiger partial charge in [-0.15, -0.1) is 0 Å². The fourth-order valence-electron chi connectivity index (χ4n) is 1.94. The highest BCUT2D eigenvalue weighted by Crippen LogP contribution is 2.23. The number of ether oxygens (including phenoxy) is 1. The molecule has 0 amide bonds. The lowest BCUT2D eigenvalue weighted by atomic mass is 10.2. The third-order valence-corrected chi connectivity index (χ3v) is 3.20. The third kappa shape index (κ3) is 4.88. The van der Waals surface area contributed by atoms with Gasteiger partial charge in [-0.2, -0.15) is 0 Å². The molecule has 0 aliphatic heterocycles. The van der Waals surface area contributed by atoms with E-state index in [0.29, 0.717) is 23.6 Å². The highest BCUT2D eigenvalue weighted by Gasteiger charge is 2.02. The van der Waals surface area contributed by atoms with Crippen LogP contribution in [0.25, 0.3) is 0 Å². The van der Waals surface area contributed by atoms with Crippen molar-refractivity contribution in [3.05, 3.63) is 53.8 Å². The van der Waals surface area contributed by atoms with Crippen LogP contribution in [0, 0.1) is 5.82 Å². The van der Waals surface area contributed by atoms with Gasteiger partial charge in [0, 0.05) is 17.8 Å². The Morgan fingerprint density at radius 3 is 2.59 bits per heavy atom. The molecule has 0 saturated heterocycles. The van der Waals surface area contributed by atoms with Crippen LogP contribution >= 0.6 is 0 Å². The Hall–Kier alpha value is -2.36. The number of hydrogen-bond donors (Lipinski definition) is 1. The van der Waals surface area contributed by atoms with E-state index in [1.165, 1.54) is 12.1 Å². The van der Waals surface area contributed by atoms with Crippen molar-refractivity contribution >= 4 is 11.9 Å². The molecule has 2 rings (SSSR count). The summed E-state index contributed by atoms with van der Waals surface area (Å²) in [5.74, 6) is 0.456. The molecule has 2 aromatic carbocycles. The van der Waals surface area contributed by atoms with Gasteiger partial charge in [0.25, 0.3) is 0 Å². The largest absolute Gasteiger partial charge is 0.507 e. The molecule has 0 aromatic heterocycles. The van der Waals surface area contributed by atoms with Crippen LogP contribution in [0.3, 0.4) is 0 Å². The maximum absolute atomic E-state index is 12.8. The summed E-state index contributed by atoms with van der Waals surface area (Å²) in [5, 5.41) is 9.98. The minimum atomic E-state index is -0.300. The highest BCUT2D eigenvalue weighted by atomic mass is 19.1. The van der Waals surface area contributed by atoms with Crippen LogP contribution in [-0.4, -0.2) is 17.9 Å². The summed E-state index contributed by atoms with van der Waals surface area (Å²) in [6.07, 6.45) is 4.83. The molecule has 4 heteroatoms. The van der Waals surface area contributed by atoms with Gasteiger partial charge in [0.05, 0.1) is 12.3 Å². The van der Waals surface area contributed by atoms with Crippen molar-refractivity contribution in [2.24, 2.45) is 4.99 Å². The monoisotopic (exact) mass is 301 g/mol. The van der Waals surface area contributed by atoms with Crippen molar-refractivity contribution in [1.82, 2.24) is 0 Å². The van der Waals surface area contributed by atoms with Gasteiger partial charge in [0.15, 0.2) is 0 Å². The quantitative estimate of drug-likeness (QED) is 0.586. The van der Waals surface area contributed by atoms with Crippen LogP contribution in [-0.2, 0) is 0 Å². The number of aromatic hydroxyl groups is 1. The van der Waals surface area contributed by atoms with Crippen molar-refractivity contribution in [3.63, 3.8) is 0 Å². The zero-order valence-electron chi connectivity index (χ0n) is 12.6. The number of nitrogens with zero attached hydrogens (tertiary/aromatic N) is 1. The first-order chi connectivity index (χ1) is 10.7. The molecule has 0 radical (unpaired) electrons. The van der Waals surface area contributed by atoms with E-state index in [1.54, 1.807) is 36.5 Å². The lowest BCUT2D eigenvalue weighted by Crippen LogP contribution is -1.97. The van der Waals surface area contributed by atoms with Gasteiger partial charge in [-0.25, -0.2) is 4.39 Å². The molecule has 3 nitrogen and oxygen atoms in total. The van der Waals surface area contributed by atoms with Gasteiger partial charge in [0.1, 0.15) is 17.3 Å². The molecule has 22 heavy (non-hydrogen) atoms. The number of rotatable bonds is 7.